The minimum atomic E-state index is 1.17. The Hall–Kier alpha value is -5.86. The van der Waals surface area contributed by atoms with Crippen LogP contribution in [-0.4, -0.2) is 8.97 Å². The molecule has 2 nitrogen and oxygen atoms in total. The van der Waals surface area contributed by atoms with Gasteiger partial charge in [-0.05, 0) is 75.8 Å². The number of benzene rings is 7. The summed E-state index contributed by atoms with van der Waals surface area (Å²) < 4.78 is 4.89. The number of hydrogen-bond acceptors (Lipinski definition) is 0. The van der Waals surface area contributed by atoms with Crippen molar-refractivity contribution in [1.29, 1.82) is 0 Å². The maximum Gasteiger partial charge on any atom is 0.0548 e. The summed E-state index contributed by atoms with van der Waals surface area (Å²) in [6.07, 6.45) is 0. The minimum absolute atomic E-state index is 1.17. The van der Waals surface area contributed by atoms with E-state index < -0.39 is 0 Å². The number of pyridine rings is 1. The molecule has 7 aromatic carbocycles. The SMILES string of the molecule is c1cc(-c2ccc3ccccc3c2)cc(-n2c3ccccc3c3c4cc5c6ccccc6c6ccccc6n5c4ccc32)c1. The van der Waals surface area contributed by atoms with Crippen LogP contribution in [-0.2, 0) is 0 Å². The maximum absolute atomic E-state index is 2.46. The molecule has 204 valence electrons. The molecule has 0 atom stereocenters. The molecule has 3 aromatic heterocycles. The Morgan fingerprint density at radius 2 is 0.955 bits per heavy atom. The number of rotatable bonds is 2. The van der Waals surface area contributed by atoms with Crippen molar-refractivity contribution in [1.82, 2.24) is 8.97 Å². The lowest BCUT2D eigenvalue weighted by atomic mass is 10.0. The van der Waals surface area contributed by atoms with Gasteiger partial charge in [0.1, 0.15) is 0 Å². The van der Waals surface area contributed by atoms with Crippen molar-refractivity contribution in [3.8, 4) is 16.8 Å². The first-order valence-corrected chi connectivity index (χ1v) is 15.2. The Bertz CT molecular complexity index is 2780. The Kier molecular flexibility index (Phi) is 4.75. The van der Waals surface area contributed by atoms with E-state index in [1.54, 1.807) is 0 Å². The van der Waals surface area contributed by atoms with Crippen LogP contribution in [0.4, 0.5) is 0 Å². The third kappa shape index (κ3) is 3.20. The first-order valence-electron chi connectivity index (χ1n) is 15.2. The molecule has 2 heteroatoms. The van der Waals surface area contributed by atoms with E-state index in [-0.39, 0.29) is 0 Å². The predicted molar refractivity (Wildman–Crippen MR) is 187 cm³/mol. The molecule has 0 saturated heterocycles. The van der Waals surface area contributed by atoms with Gasteiger partial charge in [0.05, 0.1) is 27.6 Å². The van der Waals surface area contributed by atoms with Crippen LogP contribution in [0.5, 0.6) is 0 Å². The van der Waals surface area contributed by atoms with Crippen molar-refractivity contribution in [2.24, 2.45) is 0 Å². The molecule has 0 radical (unpaired) electrons. The highest BCUT2D eigenvalue weighted by Crippen LogP contribution is 2.41. The van der Waals surface area contributed by atoms with E-state index in [9.17, 15) is 0 Å². The Morgan fingerprint density at radius 1 is 0.318 bits per heavy atom. The molecule has 0 N–H and O–H groups in total. The highest BCUT2D eigenvalue weighted by molar-refractivity contribution is 6.24. The summed E-state index contributed by atoms with van der Waals surface area (Å²) in [4.78, 5) is 0. The number of nitrogens with zero attached hydrogens (tertiary/aromatic N) is 2. The van der Waals surface area contributed by atoms with Crippen molar-refractivity contribution in [2.75, 3.05) is 0 Å². The molecular weight excluding hydrogens is 532 g/mol. The Morgan fingerprint density at radius 3 is 1.82 bits per heavy atom. The number of aromatic nitrogens is 2. The van der Waals surface area contributed by atoms with Gasteiger partial charge in [-0.25, -0.2) is 0 Å². The third-order valence-corrected chi connectivity index (χ3v) is 9.44. The van der Waals surface area contributed by atoms with Crippen molar-refractivity contribution in [3.63, 3.8) is 0 Å². The topological polar surface area (TPSA) is 9.34 Å². The largest absolute Gasteiger partial charge is 0.309 e. The van der Waals surface area contributed by atoms with Gasteiger partial charge in [-0.2, -0.15) is 0 Å². The molecule has 0 unspecified atom stereocenters. The molecule has 0 aliphatic carbocycles. The zero-order valence-electron chi connectivity index (χ0n) is 23.9. The van der Waals surface area contributed by atoms with Gasteiger partial charge < -0.3 is 8.97 Å². The molecule has 0 bridgehead atoms. The van der Waals surface area contributed by atoms with Crippen LogP contribution in [0.25, 0.3) is 87.5 Å². The number of fused-ring (bicyclic) bond motifs is 13. The lowest BCUT2D eigenvalue weighted by Crippen LogP contribution is -1.94. The van der Waals surface area contributed by atoms with Gasteiger partial charge in [0.15, 0.2) is 0 Å². The van der Waals surface area contributed by atoms with Crippen LogP contribution in [0.1, 0.15) is 0 Å². The fourth-order valence-corrected chi connectivity index (χ4v) is 7.52. The Labute approximate surface area is 253 Å². The number of hydrogen-bond donors (Lipinski definition) is 0. The summed E-state index contributed by atoms with van der Waals surface area (Å²) in [6.45, 7) is 0. The van der Waals surface area contributed by atoms with Crippen LogP contribution < -0.4 is 0 Å². The van der Waals surface area contributed by atoms with Gasteiger partial charge >= 0.3 is 0 Å². The molecule has 0 aliphatic rings. The van der Waals surface area contributed by atoms with Crippen molar-refractivity contribution in [3.05, 3.63) is 158 Å². The van der Waals surface area contributed by atoms with Crippen LogP contribution >= 0.6 is 0 Å². The van der Waals surface area contributed by atoms with Crippen molar-refractivity contribution >= 4 is 70.7 Å². The third-order valence-electron chi connectivity index (χ3n) is 9.44. The molecule has 0 spiro atoms. The van der Waals surface area contributed by atoms with E-state index in [4.69, 9.17) is 0 Å². The smallest absolute Gasteiger partial charge is 0.0548 e. The van der Waals surface area contributed by atoms with Crippen LogP contribution in [0, 0.1) is 0 Å². The number of para-hydroxylation sites is 2. The lowest BCUT2D eigenvalue weighted by Gasteiger charge is -2.11. The van der Waals surface area contributed by atoms with Gasteiger partial charge in [0.2, 0.25) is 0 Å². The van der Waals surface area contributed by atoms with Crippen LogP contribution in [0.2, 0.25) is 0 Å². The molecule has 44 heavy (non-hydrogen) atoms. The second-order valence-corrected chi connectivity index (χ2v) is 11.8. The predicted octanol–water partition coefficient (Wildman–Crippen LogP) is 11.3. The molecule has 10 aromatic rings. The average Bonchev–Trinajstić information content (AvgIpc) is 3.65. The van der Waals surface area contributed by atoms with Crippen molar-refractivity contribution < 1.29 is 0 Å². The monoisotopic (exact) mass is 558 g/mol. The fourth-order valence-electron chi connectivity index (χ4n) is 7.52. The Balaban J connectivity index is 1.29. The summed E-state index contributed by atoms with van der Waals surface area (Å²) >= 11 is 0. The zero-order chi connectivity index (χ0) is 28.8. The lowest BCUT2D eigenvalue weighted by molar-refractivity contribution is 1.18. The van der Waals surface area contributed by atoms with Gasteiger partial charge in [0, 0.05) is 32.6 Å². The second kappa shape index (κ2) is 8.82. The second-order valence-electron chi connectivity index (χ2n) is 11.8. The molecule has 0 aliphatic heterocycles. The van der Waals surface area contributed by atoms with Gasteiger partial charge in [0.25, 0.3) is 0 Å². The normalized spacial score (nSPS) is 12.1. The minimum Gasteiger partial charge on any atom is -0.309 e. The van der Waals surface area contributed by atoms with E-state index in [2.05, 4.69) is 167 Å². The first kappa shape index (κ1) is 23.7. The average molecular weight is 559 g/mol. The van der Waals surface area contributed by atoms with Crippen LogP contribution in [0.15, 0.2) is 158 Å². The fraction of sp³-hybridized carbons (Fsp3) is 0. The first-order chi connectivity index (χ1) is 21.8. The molecule has 0 amide bonds. The van der Waals surface area contributed by atoms with E-state index in [1.807, 2.05) is 0 Å². The zero-order valence-corrected chi connectivity index (χ0v) is 23.9. The van der Waals surface area contributed by atoms with E-state index >= 15 is 0 Å². The quantitative estimate of drug-likeness (QED) is 0.187. The van der Waals surface area contributed by atoms with E-state index in [0.29, 0.717) is 0 Å². The molecular formula is C42H26N2. The maximum atomic E-state index is 2.46. The van der Waals surface area contributed by atoms with E-state index in [1.165, 1.54) is 87.5 Å². The van der Waals surface area contributed by atoms with Gasteiger partial charge in [-0.3, -0.25) is 0 Å². The molecule has 10 rings (SSSR count). The van der Waals surface area contributed by atoms with Crippen molar-refractivity contribution in [2.45, 2.75) is 0 Å². The highest BCUT2D eigenvalue weighted by Gasteiger charge is 2.19. The standard InChI is InChI=1S/C42H26N2/c1-2-11-28-24-30(21-20-27(28)10-1)29-12-9-13-31(25-29)43-38-19-8-6-17-35(38)42-36-26-41-34-16-4-3-14-32(34)33-15-5-7-18-37(33)44(41)39(36)22-23-40(42)43/h1-26H. The summed E-state index contributed by atoms with van der Waals surface area (Å²) in [5.41, 5.74) is 9.77. The molecule has 0 saturated carbocycles. The van der Waals surface area contributed by atoms with Gasteiger partial charge in [-0.15, -0.1) is 0 Å². The summed E-state index contributed by atoms with van der Waals surface area (Å²) in [5.74, 6) is 0. The highest BCUT2D eigenvalue weighted by atomic mass is 15.0. The summed E-state index contributed by atoms with van der Waals surface area (Å²) in [7, 11) is 0. The van der Waals surface area contributed by atoms with Gasteiger partial charge in [-0.1, -0.05) is 109 Å². The molecule has 3 heterocycles. The summed E-state index contributed by atoms with van der Waals surface area (Å²) in [6, 6.07) is 57.8. The molecule has 0 fully saturated rings. The van der Waals surface area contributed by atoms with E-state index in [0.717, 1.165) is 0 Å². The van der Waals surface area contributed by atoms with Crippen LogP contribution in [0.3, 0.4) is 0 Å². The summed E-state index contributed by atoms with van der Waals surface area (Å²) in [5, 5.41) is 10.2.